The van der Waals surface area contributed by atoms with Crippen molar-refractivity contribution in [2.24, 2.45) is 0 Å². The summed E-state index contributed by atoms with van der Waals surface area (Å²) >= 11 is 0. The maximum absolute atomic E-state index is 6.14. The lowest BCUT2D eigenvalue weighted by Crippen LogP contribution is -2.07. The fourth-order valence-corrected chi connectivity index (χ4v) is 2.01. The van der Waals surface area contributed by atoms with Gasteiger partial charge < -0.3 is 11.5 Å². The molecular weight excluding hydrogens is 184 g/mol. The summed E-state index contributed by atoms with van der Waals surface area (Å²) in [5.41, 5.74) is 17.6. The van der Waals surface area contributed by atoms with Gasteiger partial charge >= 0.3 is 0 Å². The van der Waals surface area contributed by atoms with Gasteiger partial charge in [-0.15, -0.1) is 0 Å². The second kappa shape index (κ2) is 4.56. The Morgan fingerprint density at radius 3 is 2.07 bits per heavy atom. The highest BCUT2D eigenvalue weighted by Crippen LogP contribution is 2.32. The van der Waals surface area contributed by atoms with E-state index in [0.717, 1.165) is 29.8 Å². The number of hydrogen-bond acceptors (Lipinski definition) is 2. The molecule has 1 rings (SSSR count). The van der Waals surface area contributed by atoms with Gasteiger partial charge in [0.15, 0.2) is 0 Å². The summed E-state index contributed by atoms with van der Waals surface area (Å²) in [5.74, 6) is 0.459. The minimum atomic E-state index is 0.459. The van der Waals surface area contributed by atoms with E-state index in [-0.39, 0.29) is 0 Å². The third-order valence-electron chi connectivity index (χ3n) is 2.99. The van der Waals surface area contributed by atoms with Crippen LogP contribution in [-0.4, -0.2) is 0 Å². The van der Waals surface area contributed by atoms with Crippen LogP contribution in [0.25, 0.3) is 0 Å². The van der Waals surface area contributed by atoms with Gasteiger partial charge in [0.05, 0.1) is 0 Å². The van der Waals surface area contributed by atoms with Crippen molar-refractivity contribution in [3.63, 3.8) is 0 Å². The molecule has 2 nitrogen and oxygen atoms in total. The van der Waals surface area contributed by atoms with Crippen molar-refractivity contribution in [1.82, 2.24) is 0 Å². The lowest BCUT2D eigenvalue weighted by molar-refractivity contribution is 0.862. The molecule has 1 aromatic carbocycles. The minimum Gasteiger partial charge on any atom is -0.398 e. The van der Waals surface area contributed by atoms with Crippen molar-refractivity contribution in [2.45, 2.75) is 46.5 Å². The average molecular weight is 206 g/mol. The molecule has 0 amide bonds. The summed E-state index contributed by atoms with van der Waals surface area (Å²) in [5, 5.41) is 0. The van der Waals surface area contributed by atoms with Gasteiger partial charge in [-0.25, -0.2) is 0 Å². The number of nitrogen functional groups attached to an aromatic ring is 2. The van der Waals surface area contributed by atoms with Crippen LogP contribution in [0.2, 0.25) is 0 Å². The monoisotopic (exact) mass is 206 g/mol. The Morgan fingerprint density at radius 2 is 1.67 bits per heavy atom. The van der Waals surface area contributed by atoms with E-state index in [1.807, 2.05) is 0 Å². The molecule has 0 saturated carbocycles. The summed E-state index contributed by atoms with van der Waals surface area (Å²) in [6, 6.07) is 2.16. The third-order valence-corrected chi connectivity index (χ3v) is 2.99. The molecule has 0 saturated heterocycles. The van der Waals surface area contributed by atoms with E-state index in [1.165, 1.54) is 11.1 Å². The second-order valence-corrected chi connectivity index (χ2v) is 4.29. The van der Waals surface area contributed by atoms with Crippen molar-refractivity contribution in [3.8, 4) is 0 Å². The van der Waals surface area contributed by atoms with Gasteiger partial charge in [-0.1, -0.05) is 33.8 Å². The van der Waals surface area contributed by atoms with Crippen LogP contribution in [0.5, 0.6) is 0 Å². The summed E-state index contributed by atoms with van der Waals surface area (Å²) in [6.45, 7) is 8.57. The molecule has 1 aromatic rings. The molecule has 0 aliphatic rings. The third kappa shape index (κ3) is 2.09. The maximum Gasteiger partial charge on any atom is 0.0402 e. The fourth-order valence-electron chi connectivity index (χ4n) is 2.01. The highest BCUT2D eigenvalue weighted by atomic mass is 14.6. The van der Waals surface area contributed by atoms with Crippen LogP contribution >= 0.6 is 0 Å². The first-order valence-electron chi connectivity index (χ1n) is 5.72. The van der Waals surface area contributed by atoms with Crippen LogP contribution in [0.15, 0.2) is 6.07 Å². The van der Waals surface area contributed by atoms with Gasteiger partial charge in [0.2, 0.25) is 0 Å². The van der Waals surface area contributed by atoms with Gasteiger partial charge in [-0.3, -0.25) is 0 Å². The Balaban J connectivity index is 3.44. The van der Waals surface area contributed by atoms with E-state index >= 15 is 0 Å². The molecular formula is C13H22N2. The predicted octanol–water partition coefficient (Wildman–Crippen LogP) is 3.10. The Morgan fingerprint density at radius 1 is 1.07 bits per heavy atom. The molecule has 0 atom stereocenters. The van der Waals surface area contributed by atoms with E-state index in [1.54, 1.807) is 0 Å². The number of hydrogen-bond donors (Lipinski definition) is 2. The van der Waals surface area contributed by atoms with Crippen molar-refractivity contribution < 1.29 is 0 Å². The molecule has 0 fully saturated rings. The fraction of sp³-hybridized carbons (Fsp3) is 0.538. The number of benzene rings is 1. The van der Waals surface area contributed by atoms with Crippen LogP contribution < -0.4 is 11.5 Å². The molecule has 84 valence electrons. The zero-order valence-electron chi connectivity index (χ0n) is 10.2. The standard InChI is InChI=1S/C13H22N2/c1-5-9-7-11(8(3)4)13(15)10(6-2)12(9)14/h7-8H,5-6,14-15H2,1-4H3. The quantitative estimate of drug-likeness (QED) is 0.747. The first-order chi connectivity index (χ1) is 7.02. The van der Waals surface area contributed by atoms with Crippen LogP contribution in [0.3, 0.4) is 0 Å². The highest BCUT2D eigenvalue weighted by molar-refractivity contribution is 5.69. The molecule has 0 aromatic heterocycles. The predicted molar refractivity (Wildman–Crippen MR) is 68.1 cm³/mol. The Bertz CT molecular complexity index is 354. The first kappa shape index (κ1) is 11.9. The van der Waals surface area contributed by atoms with Crippen molar-refractivity contribution >= 4 is 11.4 Å². The number of aryl methyl sites for hydroxylation is 1. The number of rotatable bonds is 3. The summed E-state index contributed by atoms with van der Waals surface area (Å²) in [7, 11) is 0. The molecule has 15 heavy (non-hydrogen) atoms. The molecule has 0 bridgehead atoms. The second-order valence-electron chi connectivity index (χ2n) is 4.29. The molecule has 0 heterocycles. The van der Waals surface area contributed by atoms with Gasteiger partial charge in [-0.2, -0.15) is 0 Å². The molecule has 0 aliphatic heterocycles. The topological polar surface area (TPSA) is 52.0 Å². The first-order valence-corrected chi connectivity index (χ1v) is 5.72. The van der Waals surface area contributed by atoms with Crippen molar-refractivity contribution in [3.05, 3.63) is 22.8 Å². The van der Waals surface area contributed by atoms with E-state index in [9.17, 15) is 0 Å². The number of nitrogens with two attached hydrogens (primary N) is 2. The summed E-state index contributed by atoms with van der Waals surface area (Å²) in [6.07, 6.45) is 1.88. The van der Waals surface area contributed by atoms with Gasteiger partial charge in [0.25, 0.3) is 0 Å². The lowest BCUT2D eigenvalue weighted by Gasteiger charge is -2.18. The molecule has 0 unspecified atom stereocenters. The largest absolute Gasteiger partial charge is 0.398 e. The maximum atomic E-state index is 6.14. The van der Waals surface area contributed by atoms with Gasteiger partial charge in [-0.05, 0) is 35.4 Å². The molecule has 0 aliphatic carbocycles. The normalized spacial score (nSPS) is 11.0. The smallest absolute Gasteiger partial charge is 0.0402 e. The Kier molecular flexibility index (Phi) is 3.61. The van der Waals surface area contributed by atoms with Crippen LogP contribution in [-0.2, 0) is 12.8 Å². The highest BCUT2D eigenvalue weighted by Gasteiger charge is 2.13. The van der Waals surface area contributed by atoms with E-state index in [2.05, 4.69) is 33.8 Å². The zero-order chi connectivity index (χ0) is 11.6. The molecule has 2 heteroatoms. The van der Waals surface area contributed by atoms with Crippen molar-refractivity contribution in [2.75, 3.05) is 11.5 Å². The zero-order valence-corrected chi connectivity index (χ0v) is 10.2. The number of anilines is 2. The summed E-state index contributed by atoms with van der Waals surface area (Å²) in [4.78, 5) is 0. The lowest BCUT2D eigenvalue weighted by atomic mass is 9.91. The average Bonchev–Trinajstić information content (AvgIpc) is 2.18. The van der Waals surface area contributed by atoms with E-state index in [0.29, 0.717) is 5.92 Å². The minimum absolute atomic E-state index is 0.459. The van der Waals surface area contributed by atoms with Crippen molar-refractivity contribution in [1.29, 1.82) is 0 Å². The van der Waals surface area contributed by atoms with Crippen LogP contribution in [0, 0.1) is 0 Å². The van der Waals surface area contributed by atoms with Crippen LogP contribution in [0.1, 0.15) is 50.3 Å². The summed E-state index contributed by atoms with van der Waals surface area (Å²) < 4.78 is 0. The van der Waals surface area contributed by atoms with E-state index < -0.39 is 0 Å². The Hall–Kier alpha value is -1.18. The molecule has 4 N–H and O–H groups in total. The Labute approximate surface area is 92.7 Å². The SMILES string of the molecule is CCc1cc(C(C)C)c(N)c(CC)c1N. The van der Waals surface area contributed by atoms with Gasteiger partial charge in [0, 0.05) is 11.4 Å². The van der Waals surface area contributed by atoms with Gasteiger partial charge in [0.1, 0.15) is 0 Å². The van der Waals surface area contributed by atoms with Crippen LogP contribution in [0.4, 0.5) is 11.4 Å². The van der Waals surface area contributed by atoms with E-state index in [4.69, 9.17) is 11.5 Å². The molecule has 0 spiro atoms. The molecule has 0 radical (unpaired) electrons.